The fraction of sp³-hybridized carbons (Fsp3) is 0.235. The third-order valence-corrected chi connectivity index (χ3v) is 3.26. The molecule has 0 aliphatic heterocycles. The molecule has 1 heteroatoms. The Bertz CT molecular complexity index is 528. The number of ketones is 1. The molecule has 0 unspecified atom stereocenters. The van der Waals surface area contributed by atoms with Gasteiger partial charge < -0.3 is 0 Å². The smallest absolute Gasteiger partial charge is 0.130 e. The van der Waals surface area contributed by atoms with E-state index in [0.717, 1.165) is 0 Å². The lowest BCUT2D eigenvalue weighted by atomic mass is 9.85. The van der Waals surface area contributed by atoms with Crippen molar-refractivity contribution < 1.29 is 4.79 Å². The number of aryl methyl sites for hydroxylation is 1. The topological polar surface area (TPSA) is 17.1 Å². The van der Waals surface area contributed by atoms with Crippen LogP contribution in [0, 0.1) is 6.92 Å². The lowest BCUT2D eigenvalue weighted by molar-refractivity contribution is -0.117. The standard InChI is InChI=1S/C17H18O/c1-13-8-6-7-11-16(13)17(12-14(2)18)15-9-4-3-5-10-15/h3-11,17H,12H2,1-2H3/t17-/m0/s1. The molecular formula is C17H18O. The highest BCUT2D eigenvalue weighted by Gasteiger charge is 2.17. The Labute approximate surface area is 108 Å². The van der Waals surface area contributed by atoms with E-state index < -0.39 is 0 Å². The van der Waals surface area contributed by atoms with Crippen LogP contribution in [-0.4, -0.2) is 5.78 Å². The lowest BCUT2D eigenvalue weighted by Crippen LogP contribution is -2.07. The van der Waals surface area contributed by atoms with Crippen molar-refractivity contribution in [3.63, 3.8) is 0 Å². The van der Waals surface area contributed by atoms with E-state index in [0.29, 0.717) is 6.42 Å². The van der Waals surface area contributed by atoms with Gasteiger partial charge in [-0.1, -0.05) is 54.6 Å². The molecule has 0 heterocycles. The number of carbonyl (C=O) groups excluding carboxylic acids is 1. The van der Waals surface area contributed by atoms with Gasteiger partial charge in [-0.3, -0.25) is 4.79 Å². The van der Waals surface area contributed by atoms with E-state index in [1.54, 1.807) is 6.92 Å². The van der Waals surface area contributed by atoms with Gasteiger partial charge in [0.15, 0.2) is 0 Å². The molecule has 0 bridgehead atoms. The highest BCUT2D eigenvalue weighted by atomic mass is 16.1. The molecule has 0 amide bonds. The second kappa shape index (κ2) is 5.63. The van der Waals surface area contributed by atoms with E-state index in [-0.39, 0.29) is 11.7 Å². The average Bonchev–Trinajstić information content (AvgIpc) is 2.38. The van der Waals surface area contributed by atoms with Gasteiger partial charge in [-0.25, -0.2) is 0 Å². The maximum absolute atomic E-state index is 11.5. The molecular weight excluding hydrogens is 220 g/mol. The van der Waals surface area contributed by atoms with Crippen LogP contribution in [-0.2, 0) is 4.79 Å². The maximum Gasteiger partial charge on any atom is 0.130 e. The molecule has 0 fully saturated rings. The van der Waals surface area contributed by atoms with Crippen LogP contribution < -0.4 is 0 Å². The first-order valence-corrected chi connectivity index (χ1v) is 6.28. The molecule has 0 radical (unpaired) electrons. The summed E-state index contributed by atoms with van der Waals surface area (Å²) in [7, 11) is 0. The van der Waals surface area contributed by atoms with E-state index in [2.05, 4.69) is 31.2 Å². The summed E-state index contributed by atoms with van der Waals surface area (Å²) in [5, 5.41) is 0. The van der Waals surface area contributed by atoms with Crippen LogP contribution in [0.4, 0.5) is 0 Å². The SMILES string of the molecule is CC(=O)C[C@@H](c1ccccc1)c1ccccc1C. The van der Waals surface area contributed by atoms with Gasteiger partial charge in [-0.15, -0.1) is 0 Å². The zero-order valence-electron chi connectivity index (χ0n) is 10.9. The van der Waals surface area contributed by atoms with E-state index in [4.69, 9.17) is 0 Å². The first-order valence-electron chi connectivity index (χ1n) is 6.28. The summed E-state index contributed by atoms with van der Waals surface area (Å²) in [6.07, 6.45) is 0.564. The molecule has 1 nitrogen and oxygen atoms in total. The fourth-order valence-corrected chi connectivity index (χ4v) is 2.36. The third kappa shape index (κ3) is 2.86. The molecule has 92 valence electrons. The highest BCUT2D eigenvalue weighted by Crippen LogP contribution is 2.30. The maximum atomic E-state index is 11.5. The van der Waals surface area contributed by atoms with Crippen molar-refractivity contribution in [2.75, 3.05) is 0 Å². The summed E-state index contributed by atoms with van der Waals surface area (Å²) in [5.41, 5.74) is 3.70. The molecule has 0 N–H and O–H groups in total. The van der Waals surface area contributed by atoms with Crippen molar-refractivity contribution in [1.82, 2.24) is 0 Å². The summed E-state index contributed by atoms with van der Waals surface area (Å²) in [4.78, 5) is 11.5. The van der Waals surface area contributed by atoms with Gasteiger partial charge in [-0.2, -0.15) is 0 Å². The van der Waals surface area contributed by atoms with Gasteiger partial charge in [0.05, 0.1) is 0 Å². The zero-order valence-corrected chi connectivity index (χ0v) is 10.9. The van der Waals surface area contributed by atoms with Crippen LogP contribution in [0.15, 0.2) is 54.6 Å². The van der Waals surface area contributed by atoms with Crippen LogP contribution in [0.1, 0.15) is 36.0 Å². The Balaban J connectivity index is 2.44. The second-order valence-corrected chi connectivity index (χ2v) is 4.73. The summed E-state index contributed by atoms with van der Waals surface area (Å²) >= 11 is 0. The average molecular weight is 238 g/mol. The highest BCUT2D eigenvalue weighted by molar-refractivity contribution is 5.77. The van der Waals surface area contributed by atoms with Crippen LogP contribution in [0.5, 0.6) is 0 Å². The number of hydrogen-bond donors (Lipinski definition) is 0. The van der Waals surface area contributed by atoms with Crippen molar-refractivity contribution in [2.45, 2.75) is 26.2 Å². The van der Waals surface area contributed by atoms with Gasteiger partial charge in [0.2, 0.25) is 0 Å². The molecule has 2 aromatic rings. The minimum absolute atomic E-state index is 0.171. The molecule has 0 spiro atoms. The summed E-state index contributed by atoms with van der Waals surface area (Å²) in [6.45, 7) is 3.76. The Morgan fingerprint density at radius 2 is 1.61 bits per heavy atom. The summed E-state index contributed by atoms with van der Waals surface area (Å²) in [6, 6.07) is 18.6. The molecule has 0 aliphatic rings. The number of hydrogen-bond acceptors (Lipinski definition) is 1. The number of rotatable bonds is 4. The normalized spacial score (nSPS) is 12.1. The lowest BCUT2D eigenvalue weighted by Gasteiger charge is -2.18. The van der Waals surface area contributed by atoms with Crippen molar-refractivity contribution in [3.8, 4) is 0 Å². The summed E-state index contributed by atoms with van der Waals surface area (Å²) in [5.74, 6) is 0.400. The van der Waals surface area contributed by atoms with Gasteiger partial charge in [0.25, 0.3) is 0 Å². The molecule has 0 aromatic heterocycles. The molecule has 0 saturated carbocycles. The molecule has 2 aromatic carbocycles. The van der Waals surface area contributed by atoms with Crippen LogP contribution in [0.2, 0.25) is 0 Å². The largest absolute Gasteiger partial charge is 0.300 e. The van der Waals surface area contributed by atoms with Crippen molar-refractivity contribution in [1.29, 1.82) is 0 Å². The first-order chi connectivity index (χ1) is 8.68. The van der Waals surface area contributed by atoms with E-state index >= 15 is 0 Å². The predicted octanol–water partition coefficient (Wildman–Crippen LogP) is 4.11. The Morgan fingerprint density at radius 1 is 1.00 bits per heavy atom. The van der Waals surface area contributed by atoms with Gasteiger partial charge >= 0.3 is 0 Å². The summed E-state index contributed by atoms with van der Waals surface area (Å²) < 4.78 is 0. The second-order valence-electron chi connectivity index (χ2n) is 4.73. The van der Waals surface area contributed by atoms with Gasteiger partial charge in [0.1, 0.15) is 5.78 Å². The monoisotopic (exact) mass is 238 g/mol. The Morgan fingerprint density at radius 3 is 2.22 bits per heavy atom. The van der Waals surface area contributed by atoms with E-state index in [9.17, 15) is 4.79 Å². The molecule has 0 saturated heterocycles. The quantitative estimate of drug-likeness (QED) is 0.783. The van der Waals surface area contributed by atoms with Crippen molar-refractivity contribution >= 4 is 5.78 Å². The van der Waals surface area contributed by atoms with Crippen molar-refractivity contribution in [3.05, 3.63) is 71.3 Å². The van der Waals surface area contributed by atoms with Crippen LogP contribution >= 0.6 is 0 Å². The first kappa shape index (κ1) is 12.6. The number of Topliss-reactive ketones (excluding diaryl/α,β-unsaturated/α-hetero) is 1. The molecule has 2 rings (SSSR count). The predicted molar refractivity (Wildman–Crippen MR) is 74.8 cm³/mol. The van der Waals surface area contributed by atoms with Crippen LogP contribution in [0.25, 0.3) is 0 Å². The van der Waals surface area contributed by atoms with Crippen LogP contribution in [0.3, 0.4) is 0 Å². The Hall–Kier alpha value is -1.89. The van der Waals surface area contributed by atoms with E-state index in [1.807, 2.05) is 30.3 Å². The molecule has 0 aliphatic carbocycles. The molecule has 18 heavy (non-hydrogen) atoms. The minimum Gasteiger partial charge on any atom is -0.300 e. The van der Waals surface area contributed by atoms with Gasteiger partial charge in [-0.05, 0) is 30.5 Å². The Kier molecular flexibility index (Phi) is 3.93. The molecule has 1 atom stereocenters. The fourth-order valence-electron chi connectivity index (χ4n) is 2.36. The third-order valence-electron chi connectivity index (χ3n) is 3.26. The van der Waals surface area contributed by atoms with E-state index in [1.165, 1.54) is 16.7 Å². The minimum atomic E-state index is 0.171. The number of benzene rings is 2. The van der Waals surface area contributed by atoms with Crippen molar-refractivity contribution in [2.24, 2.45) is 0 Å². The zero-order chi connectivity index (χ0) is 13.0. The number of carbonyl (C=O) groups is 1. The van der Waals surface area contributed by atoms with Gasteiger partial charge in [0, 0.05) is 12.3 Å².